The predicted octanol–water partition coefficient (Wildman–Crippen LogP) is 3.05. The molecule has 3 rings (SSSR count). The second kappa shape index (κ2) is 9.49. The van der Waals surface area contributed by atoms with Gasteiger partial charge < -0.3 is 14.2 Å². The molecule has 1 unspecified atom stereocenters. The standard InChI is InChI=1S/C23H36N4O4S/c1-7-8-13-27-20-10-9-18(32(29,30)25(5)6)14-19(20)24-21(27)11-12-22(28)26-15-17(2)31-23(3,4)16-26/h9-10,14,17H,7-8,11-13,15-16H2,1-6H3. The fourth-order valence-corrected chi connectivity index (χ4v) is 5.23. The van der Waals surface area contributed by atoms with Gasteiger partial charge in [-0.05, 0) is 45.4 Å². The van der Waals surface area contributed by atoms with Crippen molar-refractivity contribution in [3.63, 3.8) is 0 Å². The number of hydrogen-bond acceptors (Lipinski definition) is 5. The molecule has 0 radical (unpaired) electrons. The largest absolute Gasteiger partial charge is 0.369 e. The maximum atomic E-state index is 13.0. The summed E-state index contributed by atoms with van der Waals surface area (Å²) in [6, 6.07) is 5.09. The van der Waals surface area contributed by atoms with Crippen LogP contribution in [0.3, 0.4) is 0 Å². The Hall–Kier alpha value is -1.97. The van der Waals surface area contributed by atoms with Gasteiger partial charge in [-0.1, -0.05) is 13.3 Å². The molecule has 2 heterocycles. The topological polar surface area (TPSA) is 84.7 Å². The van der Waals surface area contributed by atoms with Crippen molar-refractivity contribution in [1.29, 1.82) is 0 Å². The van der Waals surface area contributed by atoms with Crippen molar-refractivity contribution in [2.45, 2.75) is 76.5 Å². The minimum atomic E-state index is -3.53. The number of ether oxygens (including phenoxy) is 1. The van der Waals surface area contributed by atoms with Gasteiger partial charge in [0.2, 0.25) is 15.9 Å². The lowest BCUT2D eigenvalue weighted by Gasteiger charge is -2.41. The summed E-state index contributed by atoms with van der Waals surface area (Å²) in [4.78, 5) is 19.8. The molecule has 1 aliphatic heterocycles. The number of unbranched alkanes of at least 4 members (excludes halogenated alkanes) is 1. The molecule has 0 spiro atoms. The van der Waals surface area contributed by atoms with E-state index in [2.05, 4.69) is 11.5 Å². The van der Waals surface area contributed by atoms with Crippen molar-refractivity contribution < 1.29 is 17.9 Å². The van der Waals surface area contributed by atoms with E-state index in [-0.39, 0.29) is 22.5 Å². The molecule has 0 bridgehead atoms. The minimum Gasteiger partial charge on any atom is -0.369 e. The van der Waals surface area contributed by atoms with Crippen LogP contribution >= 0.6 is 0 Å². The molecule has 178 valence electrons. The Bertz CT molecular complexity index is 1080. The third kappa shape index (κ3) is 5.32. The van der Waals surface area contributed by atoms with Crippen LogP contribution in [0.15, 0.2) is 23.1 Å². The van der Waals surface area contributed by atoms with Crippen LogP contribution in [0.25, 0.3) is 11.0 Å². The van der Waals surface area contributed by atoms with Crippen molar-refractivity contribution in [1.82, 2.24) is 18.8 Å². The number of morpholine rings is 1. The average molecular weight is 465 g/mol. The molecule has 1 atom stereocenters. The zero-order valence-electron chi connectivity index (χ0n) is 20.1. The van der Waals surface area contributed by atoms with Crippen LogP contribution in [0.1, 0.15) is 52.8 Å². The van der Waals surface area contributed by atoms with Gasteiger partial charge in [-0.15, -0.1) is 0 Å². The zero-order chi connectivity index (χ0) is 23.7. The Balaban J connectivity index is 1.85. The molecule has 0 saturated carbocycles. The highest BCUT2D eigenvalue weighted by Gasteiger charge is 2.33. The Kier molecular flexibility index (Phi) is 7.31. The predicted molar refractivity (Wildman–Crippen MR) is 125 cm³/mol. The van der Waals surface area contributed by atoms with Crippen molar-refractivity contribution in [2.24, 2.45) is 0 Å². The second-order valence-corrected chi connectivity index (χ2v) is 11.6. The van der Waals surface area contributed by atoms with Gasteiger partial charge in [-0.3, -0.25) is 4.79 Å². The highest BCUT2D eigenvalue weighted by molar-refractivity contribution is 7.89. The highest BCUT2D eigenvalue weighted by Crippen LogP contribution is 2.25. The van der Waals surface area contributed by atoms with E-state index in [1.165, 1.54) is 18.4 Å². The maximum Gasteiger partial charge on any atom is 0.242 e. The van der Waals surface area contributed by atoms with Crippen molar-refractivity contribution in [3.05, 3.63) is 24.0 Å². The molecule has 1 fully saturated rings. The van der Waals surface area contributed by atoms with Crippen LogP contribution in [-0.2, 0) is 32.5 Å². The summed E-state index contributed by atoms with van der Waals surface area (Å²) in [6.45, 7) is 10.1. The van der Waals surface area contributed by atoms with Gasteiger partial charge in [-0.2, -0.15) is 0 Å². The first kappa shape index (κ1) is 24.7. The number of sulfonamides is 1. The molecule has 1 aromatic carbocycles. The Labute approximate surface area is 191 Å². The molecule has 1 aliphatic rings. The second-order valence-electron chi connectivity index (χ2n) is 9.43. The minimum absolute atomic E-state index is 0.00824. The molecule has 1 aromatic heterocycles. The van der Waals surface area contributed by atoms with Gasteiger partial charge in [-0.25, -0.2) is 17.7 Å². The fourth-order valence-electron chi connectivity index (χ4n) is 4.31. The average Bonchev–Trinajstić information content (AvgIpc) is 3.05. The van der Waals surface area contributed by atoms with E-state index in [9.17, 15) is 13.2 Å². The molecular weight excluding hydrogens is 428 g/mol. The summed E-state index contributed by atoms with van der Waals surface area (Å²) in [5.74, 6) is 0.917. The number of nitrogens with zero attached hydrogens (tertiary/aromatic N) is 4. The molecule has 9 heteroatoms. The number of carbonyl (C=O) groups excluding carboxylic acids is 1. The van der Waals surface area contributed by atoms with E-state index in [4.69, 9.17) is 9.72 Å². The number of carbonyl (C=O) groups is 1. The third-order valence-corrected chi connectivity index (χ3v) is 7.61. The van der Waals surface area contributed by atoms with E-state index in [1.54, 1.807) is 12.1 Å². The lowest BCUT2D eigenvalue weighted by Crippen LogP contribution is -2.53. The van der Waals surface area contributed by atoms with E-state index in [0.717, 1.165) is 30.7 Å². The first-order valence-electron chi connectivity index (χ1n) is 11.3. The molecule has 8 nitrogen and oxygen atoms in total. The van der Waals surface area contributed by atoms with Crippen LogP contribution in [0, 0.1) is 0 Å². The monoisotopic (exact) mass is 464 g/mol. The van der Waals surface area contributed by atoms with E-state index >= 15 is 0 Å². The van der Waals surface area contributed by atoms with Gasteiger partial charge in [0, 0.05) is 46.6 Å². The zero-order valence-corrected chi connectivity index (χ0v) is 20.9. The van der Waals surface area contributed by atoms with Gasteiger partial charge in [0.05, 0.1) is 27.6 Å². The first-order chi connectivity index (χ1) is 14.9. The van der Waals surface area contributed by atoms with Crippen molar-refractivity contribution in [2.75, 3.05) is 27.2 Å². The Morgan fingerprint density at radius 3 is 2.66 bits per heavy atom. The van der Waals surface area contributed by atoms with Crippen molar-refractivity contribution in [3.8, 4) is 0 Å². The van der Waals surface area contributed by atoms with Crippen LogP contribution < -0.4 is 0 Å². The lowest BCUT2D eigenvalue weighted by molar-refractivity contribution is -0.158. The fraction of sp³-hybridized carbons (Fsp3) is 0.652. The lowest BCUT2D eigenvalue weighted by atomic mass is 10.0. The van der Waals surface area contributed by atoms with Crippen molar-refractivity contribution >= 4 is 27.0 Å². The normalized spacial score (nSPS) is 19.1. The molecular formula is C23H36N4O4S. The molecule has 0 aliphatic carbocycles. The summed E-state index contributed by atoms with van der Waals surface area (Å²) < 4.78 is 34.3. The highest BCUT2D eigenvalue weighted by atomic mass is 32.2. The van der Waals surface area contributed by atoms with Gasteiger partial charge in [0.25, 0.3) is 0 Å². The van der Waals surface area contributed by atoms with E-state index < -0.39 is 10.0 Å². The van der Waals surface area contributed by atoms with Crippen LogP contribution in [0.2, 0.25) is 0 Å². The SMILES string of the molecule is CCCCn1c(CCC(=O)N2CC(C)OC(C)(C)C2)nc2cc(S(=O)(=O)N(C)C)ccc21. The molecule has 1 saturated heterocycles. The number of aryl methyl sites for hydroxylation is 2. The third-order valence-electron chi connectivity index (χ3n) is 5.80. The Morgan fingerprint density at radius 1 is 1.31 bits per heavy atom. The summed E-state index contributed by atoms with van der Waals surface area (Å²) in [7, 11) is -0.498. The summed E-state index contributed by atoms with van der Waals surface area (Å²) >= 11 is 0. The summed E-state index contributed by atoms with van der Waals surface area (Å²) in [5, 5.41) is 0. The number of imidazole rings is 1. The maximum absolute atomic E-state index is 13.0. The Morgan fingerprint density at radius 2 is 2.03 bits per heavy atom. The number of hydrogen-bond donors (Lipinski definition) is 0. The van der Waals surface area contributed by atoms with E-state index in [1.807, 2.05) is 31.7 Å². The van der Waals surface area contributed by atoms with Crippen LogP contribution in [0.4, 0.5) is 0 Å². The number of rotatable bonds is 8. The van der Waals surface area contributed by atoms with Gasteiger partial charge >= 0.3 is 0 Å². The van der Waals surface area contributed by atoms with Gasteiger partial charge in [0.1, 0.15) is 5.82 Å². The molecule has 2 aromatic rings. The van der Waals surface area contributed by atoms with Crippen LogP contribution in [-0.4, -0.2) is 72.0 Å². The van der Waals surface area contributed by atoms with E-state index in [0.29, 0.717) is 31.4 Å². The molecule has 1 amide bonds. The molecule has 0 N–H and O–H groups in total. The number of aromatic nitrogens is 2. The van der Waals surface area contributed by atoms with Gasteiger partial charge in [0.15, 0.2) is 0 Å². The summed E-state index contributed by atoms with van der Waals surface area (Å²) in [6.07, 6.45) is 2.90. The molecule has 32 heavy (non-hydrogen) atoms. The quantitative estimate of drug-likeness (QED) is 0.600. The number of amides is 1. The summed E-state index contributed by atoms with van der Waals surface area (Å²) in [5.41, 5.74) is 1.20. The first-order valence-corrected chi connectivity index (χ1v) is 12.8. The van der Waals surface area contributed by atoms with Crippen LogP contribution in [0.5, 0.6) is 0 Å². The number of fused-ring (bicyclic) bond motifs is 1. The number of benzene rings is 1. The smallest absolute Gasteiger partial charge is 0.242 e.